The molecule has 0 aliphatic carbocycles. The Morgan fingerprint density at radius 2 is 1.83 bits per heavy atom. The van der Waals surface area contributed by atoms with Crippen molar-refractivity contribution in [2.75, 3.05) is 0 Å². The molecule has 1 N–H and O–H groups in total. The molecule has 1 rings (SSSR count). The monoisotopic (exact) mass is 255 g/mol. The highest BCUT2D eigenvalue weighted by Gasteiger charge is 2.29. The first-order valence-electron chi connectivity index (χ1n) is 5.88. The van der Waals surface area contributed by atoms with Crippen molar-refractivity contribution < 1.29 is 19.1 Å². The van der Waals surface area contributed by atoms with Gasteiger partial charge in [0, 0.05) is 5.41 Å². The first-order valence-corrected chi connectivity index (χ1v) is 5.88. The highest BCUT2D eigenvalue weighted by Crippen LogP contribution is 2.26. The maximum atomic E-state index is 11.1. The summed E-state index contributed by atoms with van der Waals surface area (Å²) in [7, 11) is 0. The van der Waals surface area contributed by atoms with Crippen LogP contribution in [0.5, 0.6) is 0 Å². The van der Waals surface area contributed by atoms with Gasteiger partial charge in [0.2, 0.25) is 11.7 Å². The van der Waals surface area contributed by atoms with E-state index in [9.17, 15) is 4.79 Å². The molecule has 0 fully saturated rings. The van der Waals surface area contributed by atoms with Crippen LogP contribution in [0.15, 0.2) is 4.42 Å². The Bertz CT molecular complexity index is 435. The van der Waals surface area contributed by atoms with E-state index in [4.69, 9.17) is 14.3 Å². The minimum atomic E-state index is -1.10. The predicted octanol–water partition coefficient (Wildman–Crippen LogP) is 2.99. The standard InChI is InChI=1S/C13H21NO4/c1-12(2,3)10-9(11(15)16)18-8(14-10)7-17-13(4,5)6/h7H2,1-6H3,(H,15,16). The van der Waals surface area contributed by atoms with Gasteiger partial charge in [-0.25, -0.2) is 9.78 Å². The third-order valence-corrected chi connectivity index (χ3v) is 2.20. The molecule has 1 heterocycles. The van der Waals surface area contributed by atoms with E-state index in [1.54, 1.807) is 0 Å². The van der Waals surface area contributed by atoms with Crippen molar-refractivity contribution in [3.05, 3.63) is 17.3 Å². The minimum Gasteiger partial charge on any atom is -0.475 e. The predicted molar refractivity (Wildman–Crippen MR) is 66.7 cm³/mol. The van der Waals surface area contributed by atoms with Crippen molar-refractivity contribution in [1.82, 2.24) is 4.98 Å². The quantitative estimate of drug-likeness (QED) is 0.898. The molecule has 0 amide bonds. The fraction of sp³-hybridized carbons (Fsp3) is 0.692. The molecule has 1 aromatic rings. The Kier molecular flexibility index (Phi) is 3.86. The van der Waals surface area contributed by atoms with Crippen LogP contribution >= 0.6 is 0 Å². The highest BCUT2D eigenvalue weighted by molar-refractivity contribution is 5.86. The summed E-state index contributed by atoms with van der Waals surface area (Å²) >= 11 is 0. The molecule has 0 aliphatic heterocycles. The number of hydrogen-bond acceptors (Lipinski definition) is 4. The van der Waals surface area contributed by atoms with Crippen LogP contribution in [0.3, 0.4) is 0 Å². The summed E-state index contributed by atoms with van der Waals surface area (Å²) in [5.74, 6) is -0.906. The van der Waals surface area contributed by atoms with Crippen LogP contribution in [0.4, 0.5) is 0 Å². The van der Waals surface area contributed by atoms with Gasteiger partial charge < -0.3 is 14.3 Å². The molecule has 102 valence electrons. The molecule has 18 heavy (non-hydrogen) atoms. The Morgan fingerprint density at radius 1 is 1.28 bits per heavy atom. The first kappa shape index (κ1) is 14.7. The van der Waals surface area contributed by atoms with Crippen LogP contribution < -0.4 is 0 Å². The van der Waals surface area contributed by atoms with E-state index in [1.807, 2.05) is 41.5 Å². The SMILES string of the molecule is CC(C)(C)OCc1nc(C(C)(C)C)c(C(=O)O)o1. The smallest absolute Gasteiger partial charge is 0.373 e. The molecule has 0 saturated carbocycles. The van der Waals surface area contributed by atoms with Crippen molar-refractivity contribution in [3.8, 4) is 0 Å². The summed E-state index contributed by atoms with van der Waals surface area (Å²) in [5, 5.41) is 9.10. The van der Waals surface area contributed by atoms with Gasteiger partial charge in [-0.2, -0.15) is 0 Å². The second kappa shape index (κ2) is 4.72. The summed E-state index contributed by atoms with van der Waals surface area (Å²) in [6.45, 7) is 11.6. The largest absolute Gasteiger partial charge is 0.475 e. The van der Waals surface area contributed by atoms with Crippen LogP contribution in [-0.4, -0.2) is 21.7 Å². The van der Waals surface area contributed by atoms with Crippen LogP contribution in [0.2, 0.25) is 0 Å². The summed E-state index contributed by atoms with van der Waals surface area (Å²) < 4.78 is 10.8. The molecule has 5 nitrogen and oxygen atoms in total. The fourth-order valence-electron chi connectivity index (χ4n) is 1.36. The van der Waals surface area contributed by atoms with Crippen molar-refractivity contribution >= 4 is 5.97 Å². The first-order chi connectivity index (χ1) is 8.00. The molecule has 0 aliphatic rings. The van der Waals surface area contributed by atoms with Gasteiger partial charge in [-0.1, -0.05) is 20.8 Å². The summed E-state index contributed by atoms with van der Waals surface area (Å²) in [5.41, 5.74) is -0.251. The molecule has 5 heteroatoms. The average molecular weight is 255 g/mol. The number of oxazole rings is 1. The fourth-order valence-corrected chi connectivity index (χ4v) is 1.36. The Labute approximate surface area is 107 Å². The van der Waals surface area contributed by atoms with E-state index in [-0.39, 0.29) is 23.4 Å². The van der Waals surface area contributed by atoms with Crippen LogP contribution in [0.1, 0.15) is 63.7 Å². The molecule has 0 radical (unpaired) electrons. The molecule has 0 unspecified atom stereocenters. The lowest BCUT2D eigenvalue weighted by Gasteiger charge is -2.18. The molecular formula is C13H21NO4. The number of carboxylic acid groups (broad SMARTS) is 1. The highest BCUT2D eigenvalue weighted by atomic mass is 16.5. The molecule has 0 spiro atoms. The lowest BCUT2D eigenvalue weighted by molar-refractivity contribution is -0.0246. The summed E-state index contributed by atoms with van der Waals surface area (Å²) in [6, 6.07) is 0. The van der Waals surface area contributed by atoms with Gasteiger partial charge in [0.25, 0.3) is 0 Å². The number of carbonyl (C=O) groups is 1. The molecule has 1 aromatic heterocycles. The maximum absolute atomic E-state index is 11.1. The zero-order valence-electron chi connectivity index (χ0n) is 11.8. The van der Waals surface area contributed by atoms with Crippen molar-refractivity contribution in [3.63, 3.8) is 0 Å². The number of aromatic nitrogens is 1. The maximum Gasteiger partial charge on any atom is 0.373 e. The van der Waals surface area contributed by atoms with Crippen LogP contribution in [-0.2, 0) is 16.8 Å². The van der Waals surface area contributed by atoms with Crippen molar-refractivity contribution in [2.45, 2.75) is 59.2 Å². The van der Waals surface area contributed by atoms with E-state index < -0.39 is 5.97 Å². The van der Waals surface area contributed by atoms with E-state index in [0.29, 0.717) is 11.6 Å². The number of aromatic carboxylic acids is 1. The topological polar surface area (TPSA) is 72.6 Å². The van der Waals surface area contributed by atoms with Crippen LogP contribution in [0, 0.1) is 0 Å². The van der Waals surface area contributed by atoms with E-state index in [2.05, 4.69) is 4.98 Å². The summed E-state index contributed by atoms with van der Waals surface area (Å²) in [4.78, 5) is 15.3. The second-order valence-corrected chi connectivity index (χ2v) is 6.24. The van der Waals surface area contributed by atoms with Gasteiger partial charge in [0.1, 0.15) is 6.61 Å². The minimum absolute atomic E-state index is 0.102. The van der Waals surface area contributed by atoms with E-state index in [0.717, 1.165) is 0 Å². The molecular weight excluding hydrogens is 234 g/mol. The number of rotatable bonds is 3. The Morgan fingerprint density at radius 3 is 2.17 bits per heavy atom. The third kappa shape index (κ3) is 3.84. The van der Waals surface area contributed by atoms with Gasteiger partial charge in [0.15, 0.2) is 0 Å². The van der Waals surface area contributed by atoms with Gasteiger partial charge in [-0.15, -0.1) is 0 Å². The lowest BCUT2D eigenvalue weighted by Crippen LogP contribution is -2.19. The molecule has 0 bridgehead atoms. The van der Waals surface area contributed by atoms with Gasteiger partial charge in [-0.05, 0) is 20.8 Å². The Balaban J connectivity index is 3.00. The van der Waals surface area contributed by atoms with Gasteiger partial charge >= 0.3 is 5.97 Å². The zero-order chi connectivity index (χ0) is 14.1. The Hall–Kier alpha value is -1.36. The van der Waals surface area contributed by atoms with E-state index >= 15 is 0 Å². The number of nitrogens with zero attached hydrogens (tertiary/aromatic N) is 1. The number of carboxylic acids is 1. The molecule has 0 aromatic carbocycles. The lowest BCUT2D eigenvalue weighted by atomic mass is 9.91. The third-order valence-electron chi connectivity index (χ3n) is 2.20. The van der Waals surface area contributed by atoms with Crippen molar-refractivity contribution in [1.29, 1.82) is 0 Å². The number of hydrogen-bond donors (Lipinski definition) is 1. The van der Waals surface area contributed by atoms with E-state index in [1.165, 1.54) is 0 Å². The summed E-state index contributed by atoms with van der Waals surface area (Å²) in [6.07, 6.45) is 0. The molecule has 0 saturated heterocycles. The average Bonchev–Trinajstić information content (AvgIpc) is 2.56. The van der Waals surface area contributed by atoms with Gasteiger partial charge in [0.05, 0.1) is 11.3 Å². The van der Waals surface area contributed by atoms with Gasteiger partial charge in [-0.3, -0.25) is 0 Å². The normalized spacial score (nSPS) is 12.8. The van der Waals surface area contributed by atoms with Crippen molar-refractivity contribution in [2.24, 2.45) is 0 Å². The second-order valence-electron chi connectivity index (χ2n) is 6.24. The van der Waals surface area contributed by atoms with Crippen LogP contribution in [0.25, 0.3) is 0 Å². The molecule has 0 atom stereocenters. The zero-order valence-corrected chi connectivity index (χ0v) is 11.8. The number of ether oxygens (including phenoxy) is 1.